The molecule has 0 saturated heterocycles. The van der Waals surface area contributed by atoms with Crippen molar-refractivity contribution in [2.75, 3.05) is 7.11 Å². The van der Waals surface area contributed by atoms with Crippen molar-refractivity contribution in [3.05, 3.63) is 57.8 Å². The molecule has 0 aliphatic carbocycles. The van der Waals surface area contributed by atoms with Gasteiger partial charge in [-0.05, 0) is 73.2 Å². The van der Waals surface area contributed by atoms with Crippen LogP contribution in [0.2, 0.25) is 0 Å². The summed E-state index contributed by atoms with van der Waals surface area (Å²) in [5.74, 6) is 1.50. The van der Waals surface area contributed by atoms with Crippen LogP contribution in [0.3, 0.4) is 0 Å². The Morgan fingerprint density at radius 1 is 1.07 bits per heavy atom. The molecule has 0 radical (unpaired) electrons. The van der Waals surface area contributed by atoms with E-state index in [0.29, 0.717) is 12.4 Å². The van der Waals surface area contributed by atoms with Gasteiger partial charge in [-0.2, -0.15) is 0 Å². The Labute approximate surface area is 172 Å². The number of carbonyl (C=O) groups is 1. The van der Waals surface area contributed by atoms with Crippen molar-refractivity contribution in [2.24, 2.45) is 0 Å². The standard InChI is InChI=1S/C21H22INO4/c1-21(2,3)27-20(24)23-12-18(22)17-10-9-16(11-19(17)23)26-13-14-5-7-15(25-4)8-6-14/h5-12H,13H2,1-4H3. The quantitative estimate of drug-likeness (QED) is 0.456. The van der Waals surface area contributed by atoms with Gasteiger partial charge in [-0.15, -0.1) is 0 Å². The first-order valence-electron chi connectivity index (χ1n) is 8.56. The lowest BCUT2D eigenvalue weighted by molar-refractivity contribution is 0.0544. The van der Waals surface area contributed by atoms with Gasteiger partial charge in [0.05, 0.1) is 12.6 Å². The lowest BCUT2D eigenvalue weighted by Gasteiger charge is -2.19. The van der Waals surface area contributed by atoms with Gasteiger partial charge in [0.25, 0.3) is 0 Å². The number of hydrogen-bond acceptors (Lipinski definition) is 4. The van der Waals surface area contributed by atoms with Gasteiger partial charge in [0.15, 0.2) is 0 Å². The molecule has 0 amide bonds. The molecular formula is C21H22INO4. The maximum atomic E-state index is 12.5. The summed E-state index contributed by atoms with van der Waals surface area (Å²) < 4.78 is 19.1. The smallest absolute Gasteiger partial charge is 0.419 e. The van der Waals surface area contributed by atoms with E-state index in [9.17, 15) is 4.79 Å². The van der Waals surface area contributed by atoms with Crippen molar-refractivity contribution >= 4 is 39.6 Å². The van der Waals surface area contributed by atoms with Crippen LogP contribution in [0, 0.1) is 3.57 Å². The van der Waals surface area contributed by atoms with Gasteiger partial charge >= 0.3 is 6.09 Å². The molecule has 5 nitrogen and oxygen atoms in total. The highest BCUT2D eigenvalue weighted by molar-refractivity contribution is 14.1. The average Bonchev–Trinajstić information content (AvgIpc) is 2.95. The van der Waals surface area contributed by atoms with Crippen LogP contribution in [0.25, 0.3) is 10.9 Å². The highest BCUT2D eigenvalue weighted by Crippen LogP contribution is 2.28. The SMILES string of the molecule is COc1ccc(COc2ccc3c(I)cn(C(=O)OC(C)(C)C)c3c2)cc1. The molecule has 0 atom stereocenters. The van der Waals surface area contributed by atoms with Crippen LogP contribution in [0.1, 0.15) is 26.3 Å². The van der Waals surface area contributed by atoms with Gasteiger partial charge < -0.3 is 14.2 Å². The summed E-state index contributed by atoms with van der Waals surface area (Å²) in [6.45, 7) is 5.99. The zero-order chi connectivity index (χ0) is 19.6. The fourth-order valence-electron chi connectivity index (χ4n) is 2.61. The number of aromatic nitrogens is 1. The van der Waals surface area contributed by atoms with Crippen LogP contribution in [0.4, 0.5) is 4.79 Å². The molecule has 0 aliphatic heterocycles. The number of fused-ring (bicyclic) bond motifs is 1. The molecule has 0 N–H and O–H groups in total. The molecule has 142 valence electrons. The van der Waals surface area contributed by atoms with Crippen molar-refractivity contribution in [3.63, 3.8) is 0 Å². The minimum absolute atomic E-state index is 0.400. The molecule has 0 spiro atoms. The number of nitrogens with zero attached hydrogens (tertiary/aromatic N) is 1. The van der Waals surface area contributed by atoms with Gasteiger partial charge in [0.2, 0.25) is 0 Å². The Morgan fingerprint density at radius 3 is 2.37 bits per heavy atom. The highest BCUT2D eigenvalue weighted by Gasteiger charge is 2.20. The van der Waals surface area contributed by atoms with Crippen LogP contribution < -0.4 is 9.47 Å². The van der Waals surface area contributed by atoms with Crippen molar-refractivity contribution in [1.29, 1.82) is 0 Å². The number of halogens is 1. The normalized spacial score (nSPS) is 11.4. The second-order valence-corrected chi connectivity index (χ2v) is 8.31. The summed E-state index contributed by atoms with van der Waals surface area (Å²) in [6, 6.07) is 13.5. The van der Waals surface area contributed by atoms with Gasteiger partial charge in [-0.25, -0.2) is 4.79 Å². The van der Waals surface area contributed by atoms with E-state index in [4.69, 9.17) is 14.2 Å². The monoisotopic (exact) mass is 479 g/mol. The van der Waals surface area contributed by atoms with E-state index < -0.39 is 11.7 Å². The zero-order valence-electron chi connectivity index (χ0n) is 15.8. The van der Waals surface area contributed by atoms with Crippen molar-refractivity contribution in [1.82, 2.24) is 4.57 Å². The average molecular weight is 479 g/mol. The summed E-state index contributed by atoms with van der Waals surface area (Å²) in [4.78, 5) is 12.5. The summed E-state index contributed by atoms with van der Waals surface area (Å²) >= 11 is 2.22. The molecule has 0 aliphatic rings. The molecule has 3 rings (SSSR count). The van der Waals surface area contributed by atoms with E-state index in [1.54, 1.807) is 13.3 Å². The summed E-state index contributed by atoms with van der Waals surface area (Å²) in [7, 11) is 1.64. The third kappa shape index (κ3) is 4.74. The number of hydrogen-bond donors (Lipinski definition) is 0. The second kappa shape index (κ2) is 7.80. The van der Waals surface area contributed by atoms with E-state index in [-0.39, 0.29) is 0 Å². The molecule has 0 bridgehead atoms. The van der Waals surface area contributed by atoms with Gasteiger partial charge in [0.1, 0.15) is 23.7 Å². The highest BCUT2D eigenvalue weighted by atomic mass is 127. The maximum Gasteiger partial charge on any atom is 0.419 e. The zero-order valence-corrected chi connectivity index (χ0v) is 17.9. The van der Waals surface area contributed by atoms with Crippen molar-refractivity contribution in [3.8, 4) is 11.5 Å². The van der Waals surface area contributed by atoms with Crippen LogP contribution >= 0.6 is 22.6 Å². The Kier molecular flexibility index (Phi) is 5.64. The first-order chi connectivity index (χ1) is 12.8. The fraction of sp³-hybridized carbons (Fsp3) is 0.286. The molecule has 0 unspecified atom stereocenters. The van der Waals surface area contributed by atoms with Crippen molar-refractivity contribution in [2.45, 2.75) is 33.0 Å². The minimum Gasteiger partial charge on any atom is -0.497 e. The number of methoxy groups -OCH3 is 1. The number of carbonyl (C=O) groups excluding carboxylic acids is 1. The second-order valence-electron chi connectivity index (χ2n) is 7.14. The van der Waals surface area contributed by atoms with E-state index >= 15 is 0 Å². The lowest BCUT2D eigenvalue weighted by Crippen LogP contribution is -2.26. The Hall–Kier alpha value is -2.22. The largest absolute Gasteiger partial charge is 0.497 e. The van der Waals surface area contributed by atoms with Crippen molar-refractivity contribution < 1.29 is 19.0 Å². The predicted octanol–water partition coefficient (Wildman–Crippen LogP) is 5.62. The molecule has 2 aromatic carbocycles. The number of benzene rings is 2. The summed E-state index contributed by atoms with van der Waals surface area (Å²) in [5, 5.41) is 0.984. The number of rotatable bonds is 4. The van der Waals surface area contributed by atoms with Crippen LogP contribution in [-0.2, 0) is 11.3 Å². The van der Waals surface area contributed by atoms with Crippen LogP contribution in [0.5, 0.6) is 11.5 Å². The van der Waals surface area contributed by atoms with Gasteiger partial charge in [-0.1, -0.05) is 12.1 Å². The van der Waals surface area contributed by atoms with Gasteiger partial charge in [0, 0.05) is 21.2 Å². The summed E-state index contributed by atoms with van der Waals surface area (Å²) in [5.41, 5.74) is 1.25. The van der Waals surface area contributed by atoms with E-state index in [0.717, 1.165) is 25.8 Å². The molecule has 27 heavy (non-hydrogen) atoms. The van der Waals surface area contributed by atoms with E-state index in [2.05, 4.69) is 22.6 Å². The van der Waals surface area contributed by atoms with E-state index in [1.165, 1.54) is 4.57 Å². The van der Waals surface area contributed by atoms with Crippen LogP contribution in [0.15, 0.2) is 48.7 Å². The van der Waals surface area contributed by atoms with Gasteiger partial charge in [-0.3, -0.25) is 4.57 Å². The molecule has 1 aromatic heterocycles. The Balaban J connectivity index is 1.82. The first kappa shape index (κ1) is 19.5. The van der Waals surface area contributed by atoms with Crippen LogP contribution in [-0.4, -0.2) is 23.4 Å². The Bertz CT molecular complexity index is 955. The topological polar surface area (TPSA) is 49.7 Å². The summed E-state index contributed by atoms with van der Waals surface area (Å²) in [6.07, 6.45) is 1.38. The maximum absolute atomic E-state index is 12.5. The molecule has 3 aromatic rings. The van der Waals surface area contributed by atoms with E-state index in [1.807, 2.05) is 63.2 Å². The molecular weight excluding hydrogens is 457 g/mol. The molecule has 0 saturated carbocycles. The Morgan fingerprint density at radius 2 is 1.74 bits per heavy atom. The minimum atomic E-state index is -0.554. The lowest BCUT2D eigenvalue weighted by atomic mass is 10.2. The first-order valence-corrected chi connectivity index (χ1v) is 9.64. The fourth-order valence-corrected chi connectivity index (χ4v) is 3.34. The third-order valence-corrected chi connectivity index (χ3v) is 4.74. The number of ether oxygens (including phenoxy) is 3. The molecule has 0 fully saturated rings. The molecule has 1 heterocycles. The third-order valence-electron chi connectivity index (χ3n) is 3.88. The molecule has 6 heteroatoms. The predicted molar refractivity (Wildman–Crippen MR) is 114 cm³/mol.